The van der Waals surface area contributed by atoms with Crippen LogP contribution in [0, 0.1) is 16.7 Å². The Balaban J connectivity index is 1.75. The second-order valence-electron chi connectivity index (χ2n) is 8.24. The van der Waals surface area contributed by atoms with Gasteiger partial charge in [-0.1, -0.05) is 13.8 Å². The minimum Gasteiger partial charge on any atom is -0.480 e. The molecule has 4 bridgehead atoms. The number of aliphatic carboxylic acids is 1. The Morgan fingerprint density at radius 2 is 1.84 bits per heavy atom. The van der Waals surface area contributed by atoms with Crippen molar-refractivity contribution in [3.63, 3.8) is 0 Å². The van der Waals surface area contributed by atoms with E-state index < -0.39 is 12.0 Å². The Morgan fingerprint density at radius 1 is 1.26 bits per heavy atom. The summed E-state index contributed by atoms with van der Waals surface area (Å²) in [5, 5.41) is 12.5. The van der Waals surface area contributed by atoms with Crippen LogP contribution in [0.25, 0.3) is 0 Å². The second-order valence-corrected chi connectivity index (χ2v) is 8.24. The molecule has 108 valence electrons. The third-order valence-corrected chi connectivity index (χ3v) is 5.64. The Hall–Kier alpha value is -0.610. The highest BCUT2D eigenvalue weighted by molar-refractivity contribution is 5.73. The summed E-state index contributed by atoms with van der Waals surface area (Å²) in [6.07, 6.45) is 7.65. The average molecular weight is 266 g/mol. The molecular weight excluding hydrogens is 240 g/mol. The maximum absolute atomic E-state index is 10.9. The zero-order valence-electron chi connectivity index (χ0n) is 12.0. The van der Waals surface area contributed by atoms with Crippen LogP contribution in [0.3, 0.4) is 0 Å². The van der Waals surface area contributed by atoms with Gasteiger partial charge in [0.05, 0.1) is 0 Å². The molecule has 4 saturated carbocycles. The molecule has 0 saturated heterocycles. The van der Waals surface area contributed by atoms with Gasteiger partial charge in [-0.15, -0.1) is 0 Å². The lowest BCUT2D eigenvalue weighted by molar-refractivity contribution is -0.139. The molecule has 0 aliphatic heterocycles. The van der Waals surface area contributed by atoms with Crippen molar-refractivity contribution < 1.29 is 9.90 Å². The zero-order valence-corrected chi connectivity index (χ0v) is 12.0. The predicted molar refractivity (Wildman–Crippen MR) is 73.8 cm³/mol. The van der Waals surface area contributed by atoms with Gasteiger partial charge in [0.15, 0.2) is 0 Å². The summed E-state index contributed by atoms with van der Waals surface area (Å²) in [5.74, 6) is -0.0885. The molecular formula is C15H26N2O2. The van der Waals surface area contributed by atoms with Crippen LogP contribution in [0.1, 0.15) is 52.4 Å². The van der Waals surface area contributed by atoms with Crippen LogP contribution in [0.15, 0.2) is 0 Å². The van der Waals surface area contributed by atoms with E-state index >= 15 is 0 Å². The highest BCUT2D eigenvalue weighted by Crippen LogP contribution is 2.66. The Kier molecular flexibility index (Phi) is 2.78. The monoisotopic (exact) mass is 266 g/mol. The Labute approximate surface area is 115 Å². The summed E-state index contributed by atoms with van der Waals surface area (Å²) >= 11 is 0. The molecule has 0 heterocycles. The first kappa shape index (κ1) is 13.4. The van der Waals surface area contributed by atoms with Gasteiger partial charge in [-0.2, -0.15) is 0 Å². The average Bonchev–Trinajstić information content (AvgIpc) is 2.20. The Morgan fingerprint density at radius 3 is 2.32 bits per heavy atom. The van der Waals surface area contributed by atoms with Crippen LogP contribution < -0.4 is 11.1 Å². The van der Waals surface area contributed by atoms with Gasteiger partial charge in [-0.05, 0) is 55.3 Å². The van der Waals surface area contributed by atoms with E-state index in [9.17, 15) is 4.79 Å². The lowest BCUT2D eigenvalue weighted by atomic mass is 9.43. The molecule has 4 rings (SSSR count). The van der Waals surface area contributed by atoms with Gasteiger partial charge in [0.2, 0.25) is 0 Å². The van der Waals surface area contributed by atoms with Crippen LogP contribution in [0.5, 0.6) is 0 Å². The minimum absolute atomic E-state index is 0.149. The van der Waals surface area contributed by atoms with Gasteiger partial charge in [-0.3, -0.25) is 4.79 Å². The fraction of sp³-hybridized carbons (Fsp3) is 0.933. The number of hydrogen-bond acceptors (Lipinski definition) is 3. The van der Waals surface area contributed by atoms with Crippen LogP contribution in [-0.2, 0) is 4.79 Å². The summed E-state index contributed by atoms with van der Waals surface area (Å²) in [6, 6.07) is -0.784. The van der Waals surface area contributed by atoms with E-state index in [4.69, 9.17) is 10.8 Å². The number of hydrogen-bond donors (Lipinski definition) is 3. The fourth-order valence-corrected chi connectivity index (χ4v) is 6.06. The van der Waals surface area contributed by atoms with Crippen molar-refractivity contribution in [1.29, 1.82) is 0 Å². The summed E-state index contributed by atoms with van der Waals surface area (Å²) in [6.45, 7) is 5.24. The second kappa shape index (κ2) is 3.95. The molecule has 4 fully saturated rings. The molecule has 4 aliphatic rings. The number of nitrogens with two attached hydrogens (primary N) is 1. The van der Waals surface area contributed by atoms with Crippen molar-refractivity contribution in [2.75, 3.05) is 6.54 Å². The van der Waals surface area contributed by atoms with E-state index in [0.29, 0.717) is 17.4 Å². The molecule has 3 atom stereocenters. The first-order valence-electron chi connectivity index (χ1n) is 7.47. The van der Waals surface area contributed by atoms with Gasteiger partial charge >= 0.3 is 5.97 Å². The third kappa shape index (κ3) is 2.29. The highest BCUT2D eigenvalue weighted by Gasteiger charge is 2.59. The molecule has 0 aromatic heterocycles. The van der Waals surface area contributed by atoms with Crippen molar-refractivity contribution >= 4 is 5.97 Å². The van der Waals surface area contributed by atoms with Crippen molar-refractivity contribution in [3.05, 3.63) is 0 Å². The SMILES string of the molecule is CC12CC3CC(C)(C1)CC(NCC(N)C(=O)O)(C3)C2. The van der Waals surface area contributed by atoms with Crippen molar-refractivity contribution in [3.8, 4) is 0 Å². The van der Waals surface area contributed by atoms with E-state index in [1.807, 2.05) is 0 Å². The van der Waals surface area contributed by atoms with Crippen LogP contribution >= 0.6 is 0 Å². The molecule has 0 aromatic rings. The van der Waals surface area contributed by atoms with Crippen molar-refractivity contribution in [2.24, 2.45) is 22.5 Å². The normalized spacial score (nSPS) is 49.3. The van der Waals surface area contributed by atoms with E-state index in [0.717, 1.165) is 5.92 Å². The molecule has 4 heteroatoms. The number of nitrogens with one attached hydrogen (secondary N) is 1. The van der Waals surface area contributed by atoms with E-state index in [1.165, 1.54) is 38.5 Å². The third-order valence-electron chi connectivity index (χ3n) is 5.64. The molecule has 4 N–H and O–H groups in total. The van der Waals surface area contributed by atoms with E-state index in [2.05, 4.69) is 19.2 Å². The molecule has 4 nitrogen and oxygen atoms in total. The number of carboxylic acid groups (broad SMARTS) is 1. The van der Waals surface area contributed by atoms with Gasteiger partial charge in [0.25, 0.3) is 0 Å². The van der Waals surface area contributed by atoms with Crippen molar-refractivity contribution in [2.45, 2.75) is 64.0 Å². The molecule has 0 radical (unpaired) electrons. The van der Waals surface area contributed by atoms with Crippen molar-refractivity contribution in [1.82, 2.24) is 5.32 Å². The van der Waals surface area contributed by atoms with E-state index in [-0.39, 0.29) is 5.54 Å². The Bertz CT molecular complexity index is 391. The minimum atomic E-state index is -0.908. The number of rotatable bonds is 4. The van der Waals surface area contributed by atoms with Gasteiger partial charge in [0.1, 0.15) is 6.04 Å². The molecule has 19 heavy (non-hydrogen) atoms. The first-order valence-corrected chi connectivity index (χ1v) is 7.47. The molecule has 0 spiro atoms. The van der Waals surface area contributed by atoms with Gasteiger partial charge in [0, 0.05) is 12.1 Å². The van der Waals surface area contributed by atoms with Gasteiger partial charge in [-0.25, -0.2) is 0 Å². The number of carbonyl (C=O) groups is 1. The quantitative estimate of drug-likeness (QED) is 0.724. The lowest BCUT2D eigenvalue weighted by Crippen LogP contribution is -2.65. The molecule has 0 aromatic carbocycles. The van der Waals surface area contributed by atoms with Gasteiger partial charge < -0.3 is 16.2 Å². The van der Waals surface area contributed by atoms with E-state index in [1.54, 1.807) is 0 Å². The first-order chi connectivity index (χ1) is 8.73. The zero-order chi connectivity index (χ0) is 13.9. The summed E-state index contributed by atoms with van der Waals surface area (Å²) < 4.78 is 0. The lowest BCUT2D eigenvalue weighted by Gasteiger charge is -2.65. The van der Waals surface area contributed by atoms with Crippen LogP contribution in [0.4, 0.5) is 0 Å². The maximum atomic E-state index is 10.9. The summed E-state index contributed by atoms with van der Waals surface area (Å²) in [4.78, 5) is 10.9. The molecule has 3 unspecified atom stereocenters. The van der Waals surface area contributed by atoms with Crippen LogP contribution in [0.2, 0.25) is 0 Å². The predicted octanol–water partition coefficient (Wildman–Crippen LogP) is 1.74. The number of carboxylic acids is 1. The smallest absolute Gasteiger partial charge is 0.321 e. The topological polar surface area (TPSA) is 75.3 Å². The summed E-state index contributed by atoms with van der Waals surface area (Å²) in [5.41, 5.74) is 6.70. The largest absolute Gasteiger partial charge is 0.480 e. The highest BCUT2D eigenvalue weighted by atomic mass is 16.4. The molecule has 4 aliphatic carbocycles. The molecule has 0 amide bonds. The standard InChI is InChI=1S/C15H26N2O2/c1-13-3-10-4-14(2,7-13)9-15(5-10,8-13)17-6-11(16)12(18)19/h10-11,17H,3-9,16H2,1-2H3,(H,18,19). The van der Waals surface area contributed by atoms with Crippen LogP contribution in [-0.4, -0.2) is 29.2 Å². The fourth-order valence-electron chi connectivity index (χ4n) is 6.06. The summed E-state index contributed by atoms with van der Waals surface area (Å²) in [7, 11) is 0. The maximum Gasteiger partial charge on any atom is 0.321 e.